The van der Waals surface area contributed by atoms with Crippen LogP contribution in [0, 0.1) is 6.92 Å². The average Bonchev–Trinajstić information content (AvgIpc) is 2.03. The van der Waals surface area contributed by atoms with Crippen molar-refractivity contribution in [3.8, 4) is 0 Å². The molecule has 5 heteroatoms. The molecule has 0 fully saturated rings. The highest BCUT2D eigenvalue weighted by molar-refractivity contribution is 7.90. The third-order valence-corrected chi connectivity index (χ3v) is 3.13. The molecule has 2 N–H and O–H groups in total. The molecule has 0 aliphatic heterocycles. The quantitative estimate of drug-likeness (QED) is 0.840. The van der Waals surface area contributed by atoms with Crippen LogP contribution in [-0.4, -0.2) is 14.7 Å². The Bertz CT molecular complexity index is 415. The number of nitrogens with two attached hydrogens (primary N) is 1. The van der Waals surface area contributed by atoms with Crippen molar-refractivity contribution in [2.45, 2.75) is 18.4 Å². The van der Waals surface area contributed by atoms with Crippen molar-refractivity contribution in [3.63, 3.8) is 0 Å². The lowest BCUT2D eigenvalue weighted by Gasteiger charge is -2.05. The van der Waals surface area contributed by atoms with E-state index in [4.69, 9.17) is 5.73 Å². The van der Waals surface area contributed by atoms with Gasteiger partial charge in [-0.3, -0.25) is 0 Å². The third-order valence-electron chi connectivity index (χ3n) is 1.89. The van der Waals surface area contributed by atoms with Crippen LogP contribution in [-0.2, 0) is 16.4 Å². The van der Waals surface area contributed by atoms with E-state index in [0.29, 0.717) is 11.4 Å². The van der Waals surface area contributed by atoms with E-state index in [9.17, 15) is 8.42 Å². The van der Waals surface area contributed by atoms with E-state index in [-0.39, 0.29) is 12.4 Å². The van der Waals surface area contributed by atoms with E-state index in [2.05, 4.69) is 0 Å². The van der Waals surface area contributed by atoms with Crippen LogP contribution in [0.5, 0.6) is 0 Å². The van der Waals surface area contributed by atoms with Crippen LogP contribution in [0.2, 0.25) is 0 Å². The zero-order valence-corrected chi connectivity index (χ0v) is 9.78. The van der Waals surface area contributed by atoms with Crippen LogP contribution in [0.25, 0.3) is 0 Å². The monoisotopic (exact) mass is 235 g/mol. The molecule has 0 unspecified atom stereocenters. The summed E-state index contributed by atoms with van der Waals surface area (Å²) in [6, 6.07) is 5.24. The smallest absolute Gasteiger partial charge is 0.175 e. The Kier molecular flexibility index (Phi) is 4.58. The van der Waals surface area contributed by atoms with Crippen molar-refractivity contribution >= 4 is 22.2 Å². The number of hydrogen-bond donors (Lipinski definition) is 1. The van der Waals surface area contributed by atoms with E-state index in [1.54, 1.807) is 19.1 Å². The molecule has 0 saturated carbocycles. The largest absolute Gasteiger partial charge is 0.326 e. The Morgan fingerprint density at radius 1 is 1.36 bits per heavy atom. The molecule has 1 aromatic carbocycles. The van der Waals surface area contributed by atoms with Gasteiger partial charge in [0.2, 0.25) is 0 Å². The lowest BCUT2D eigenvalue weighted by molar-refractivity contribution is 0.601. The highest BCUT2D eigenvalue weighted by atomic mass is 35.5. The Labute approximate surface area is 90.6 Å². The summed E-state index contributed by atoms with van der Waals surface area (Å²) >= 11 is 0. The van der Waals surface area contributed by atoms with E-state index >= 15 is 0 Å². The van der Waals surface area contributed by atoms with E-state index in [0.717, 1.165) is 11.1 Å². The van der Waals surface area contributed by atoms with E-state index in [1.807, 2.05) is 6.07 Å². The molecule has 0 aliphatic carbocycles. The summed E-state index contributed by atoms with van der Waals surface area (Å²) < 4.78 is 22.6. The van der Waals surface area contributed by atoms with Crippen molar-refractivity contribution in [3.05, 3.63) is 29.3 Å². The number of sulfone groups is 1. The number of halogens is 1. The number of benzene rings is 1. The van der Waals surface area contributed by atoms with Crippen LogP contribution in [0.4, 0.5) is 0 Å². The van der Waals surface area contributed by atoms with Crippen LogP contribution < -0.4 is 5.73 Å². The van der Waals surface area contributed by atoms with Gasteiger partial charge in [-0.05, 0) is 24.1 Å². The zero-order chi connectivity index (χ0) is 10.1. The van der Waals surface area contributed by atoms with Gasteiger partial charge in [-0.2, -0.15) is 0 Å². The molecule has 0 saturated heterocycles. The van der Waals surface area contributed by atoms with Crippen molar-refractivity contribution in [1.82, 2.24) is 0 Å². The first kappa shape index (κ1) is 13.4. The van der Waals surface area contributed by atoms with Gasteiger partial charge in [-0.15, -0.1) is 12.4 Å². The number of rotatable bonds is 2. The van der Waals surface area contributed by atoms with Gasteiger partial charge in [-0.25, -0.2) is 8.42 Å². The minimum atomic E-state index is -3.12. The van der Waals surface area contributed by atoms with E-state index < -0.39 is 9.84 Å². The lowest BCUT2D eigenvalue weighted by atomic mass is 10.1. The topological polar surface area (TPSA) is 60.2 Å². The summed E-state index contributed by atoms with van der Waals surface area (Å²) in [5.41, 5.74) is 7.02. The molecule has 80 valence electrons. The zero-order valence-electron chi connectivity index (χ0n) is 8.15. The minimum Gasteiger partial charge on any atom is -0.326 e. The molecule has 14 heavy (non-hydrogen) atoms. The fourth-order valence-corrected chi connectivity index (χ4v) is 2.19. The van der Waals surface area contributed by atoms with Gasteiger partial charge in [-0.1, -0.05) is 12.1 Å². The Morgan fingerprint density at radius 3 is 2.36 bits per heavy atom. The molecule has 0 bridgehead atoms. The van der Waals surface area contributed by atoms with Gasteiger partial charge in [0.05, 0.1) is 4.90 Å². The molecule has 0 amide bonds. The SMILES string of the molecule is Cc1ccc(CN)cc1S(C)(=O)=O.Cl. The summed E-state index contributed by atoms with van der Waals surface area (Å²) in [5, 5.41) is 0. The molecule has 0 atom stereocenters. The van der Waals surface area contributed by atoms with Crippen LogP contribution in [0.1, 0.15) is 11.1 Å². The summed E-state index contributed by atoms with van der Waals surface area (Å²) in [4.78, 5) is 0.371. The first-order valence-electron chi connectivity index (χ1n) is 3.95. The van der Waals surface area contributed by atoms with Crippen LogP contribution in [0.3, 0.4) is 0 Å². The highest BCUT2D eigenvalue weighted by Gasteiger charge is 2.10. The maximum absolute atomic E-state index is 11.3. The van der Waals surface area contributed by atoms with Crippen LogP contribution in [0.15, 0.2) is 23.1 Å². The molecular formula is C9H14ClNO2S. The Balaban J connectivity index is 0.00000169. The van der Waals surface area contributed by atoms with Gasteiger partial charge in [0.1, 0.15) is 0 Å². The average molecular weight is 236 g/mol. The van der Waals surface area contributed by atoms with Gasteiger partial charge in [0, 0.05) is 12.8 Å². The highest BCUT2D eigenvalue weighted by Crippen LogP contribution is 2.16. The second-order valence-corrected chi connectivity index (χ2v) is 5.06. The number of aryl methyl sites for hydroxylation is 1. The molecule has 1 rings (SSSR count). The summed E-state index contributed by atoms with van der Waals surface area (Å²) in [5.74, 6) is 0. The second-order valence-electron chi connectivity index (χ2n) is 3.08. The van der Waals surface area contributed by atoms with Crippen molar-refractivity contribution < 1.29 is 8.42 Å². The fraction of sp³-hybridized carbons (Fsp3) is 0.333. The second kappa shape index (κ2) is 4.77. The minimum absolute atomic E-state index is 0. The first-order valence-corrected chi connectivity index (χ1v) is 5.84. The predicted molar refractivity (Wildman–Crippen MR) is 59.4 cm³/mol. The standard InChI is InChI=1S/C9H13NO2S.ClH/c1-7-3-4-8(6-10)5-9(7)13(2,11)12;/h3-5H,6,10H2,1-2H3;1H. The Morgan fingerprint density at radius 2 is 1.93 bits per heavy atom. The molecule has 0 spiro atoms. The summed E-state index contributed by atoms with van der Waals surface area (Å²) in [6.45, 7) is 2.14. The molecular weight excluding hydrogens is 222 g/mol. The van der Waals surface area contributed by atoms with Gasteiger partial charge >= 0.3 is 0 Å². The van der Waals surface area contributed by atoms with Gasteiger partial charge < -0.3 is 5.73 Å². The predicted octanol–water partition coefficient (Wildman–Crippen LogP) is 1.28. The fourth-order valence-electron chi connectivity index (χ4n) is 1.17. The first-order chi connectivity index (χ1) is 5.95. The summed E-state index contributed by atoms with van der Waals surface area (Å²) in [6.07, 6.45) is 1.20. The molecule has 3 nitrogen and oxygen atoms in total. The third kappa shape index (κ3) is 2.97. The molecule has 0 aromatic heterocycles. The van der Waals surface area contributed by atoms with Crippen molar-refractivity contribution in [2.24, 2.45) is 5.73 Å². The molecule has 0 heterocycles. The van der Waals surface area contributed by atoms with Crippen molar-refractivity contribution in [1.29, 1.82) is 0 Å². The molecule has 0 aliphatic rings. The van der Waals surface area contributed by atoms with Gasteiger partial charge in [0.15, 0.2) is 9.84 Å². The maximum atomic E-state index is 11.3. The maximum Gasteiger partial charge on any atom is 0.175 e. The molecule has 1 aromatic rings. The lowest BCUT2D eigenvalue weighted by Crippen LogP contribution is -2.03. The Hall–Kier alpha value is -0.580. The van der Waals surface area contributed by atoms with Crippen molar-refractivity contribution in [2.75, 3.05) is 6.26 Å². The number of hydrogen-bond acceptors (Lipinski definition) is 3. The van der Waals surface area contributed by atoms with Gasteiger partial charge in [0.25, 0.3) is 0 Å². The normalized spacial score (nSPS) is 10.8. The van der Waals surface area contributed by atoms with Crippen LogP contribution >= 0.6 is 12.4 Å². The van der Waals surface area contributed by atoms with E-state index in [1.165, 1.54) is 6.26 Å². The molecule has 0 radical (unpaired) electrons. The summed E-state index contributed by atoms with van der Waals surface area (Å²) in [7, 11) is -3.12.